The Labute approximate surface area is 107 Å². The highest BCUT2D eigenvalue weighted by atomic mass is 16.2. The summed E-state index contributed by atoms with van der Waals surface area (Å²) >= 11 is 0. The first-order chi connectivity index (χ1) is 8.83. The summed E-state index contributed by atoms with van der Waals surface area (Å²) in [7, 11) is 0. The van der Waals surface area contributed by atoms with Crippen molar-refractivity contribution in [3.63, 3.8) is 0 Å². The van der Waals surface area contributed by atoms with Crippen molar-refractivity contribution in [2.24, 2.45) is 0 Å². The summed E-state index contributed by atoms with van der Waals surface area (Å²) in [6.45, 7) is 1.63. The fourth-order valence-electron chi connectivity index (χ4n) is 2.30. The van der Waals surface area contributed by atoms with Crippen molar-refractivity contribution >= 4 is 18.0 Å². The molecular weight excluding hydrogens is 228 g/mol. The molecule has 1 aromatic carbocycles. The highest BCUT2D eigenvalue weighted by molar-refractivity contribution is 6.01. The van der Waals surface area contributed by atoms with Crippen LogP contribution in [-0.4, -0.2) is 30.3 Å². The van der Waals surface area contributed by atoms with Crippen LogP contribution in [0.25, 0.3) is 0 Å². The number of rotatable bonds is 3. The fraction of sp³-hybridized carbons (Fsp3) is 0.429. The second-order valence-electron chi connectivity index (χ2n) is 4.51. The van der Waals surface area contributed by atoms with Crippen molar-refractivity contribution < 1.29 is 9.59 Å². The summed E-state index contributed by atoms with van der Waals surface area (Å²) in [5.41, 5.74) is 1.16. The highest BCUT2D eigenvalue weighted by Crippen LogP contribution is 2.19. The molecule has 1 fully saturated rings. The lowest BCUT2D eigenvalue weighted by atomic mass is 10.1. The van der Waals surface area contributed by atoms with Gasteiger partial charge in [-0.25, -0.2) is 0 Å². The number of benzene rings is 1. The Morgan fingerprint density at radius 2 is 1.78 bits per heavy atom. The molecule has 0 saturated carbocycles. The maximum atomic E-state index is 12.4. The zero-order chi connectivity index (χ0) is 12.8. The molecule has 1 aliphatic rings. The van der Waals surface area contributed by atoms with E-state index in [2.05, 4.69) is 5.32 Å². The van der Waals surface area contributed by atoms with Gasteiger partial charge in [0.15, 0.2) is 0 Å². The lowest BCUT2D eigenvalue weighted by molar-refractivity contribution is -0.105. The van der Waals surface area contributed by atoms with E-state index in [9.17, 15) is 9.59 Å². The van der Waals surface area contributed by atoms with Gasteiger partial charge in [0.25, 0.3) is 5.91 Å². The number of hydrogen-bond acceptors (Lipinski definition) is 2. The number of anilines is 1. The molecule has 1 aromatic rings. The molecule has 4 nitrogen and oxygen atoms in total. The molecule has 0 bridgehead atoms. The SMILES string of the molecule is O=CNc1ccccc1C(=O)N1CCCCCC1. The molecule has 0 spiro atoms. The molecule has 4 heteroatoms. The van der Waals surface area contributed by atoms with Crippen molar-refractivity contribution in [3.05, 3.63) is 29.8 Å². The maximum absolute atomic E-state index is 12.4. The van der Waals surface area contributed by atoms with Crippen molar-refractivity contribution in [3.8, 4) is 0 Å². The number of hydrogen-bond donors (Lipinski definition) is 1. The third-order valence-electron chi connectivity index (χ3n) is 3.27. The third kappa shape index (κ3) is 2.88. The number of likely N-dealkylation sites (tertiary alicyclic amines) is 1. The molecule has 0 aliphatic carbocycles. The number of amides is 2. The fourth-order valence-corrected chi connectivity index (χ4v) is 2.30. The summed E-state index contributed by atoms with van der Waals surface area (Å²) in [4.78, 5) is 24.8. The van der Waals surface area contributed by atoms with Gasteiger partial charge in [0.1, 0.15) is 0 Å². The largest absolute Gasteiger partial charge is 0.339 e. The van der Waals surface area contributed by atoms with Crippen molar-refractivity contribution in [1.29, 1.82) is 0 Å². The minimum atomic E-state index is 0.0156. The van der Waals surface area contributed by atoms with E-state index >= 15 is 0 Å². The van der Waals surface area contributed by atoms with Crippen LogP contribution in [0.4, 0.5) is 5.69 Å². The number of carbonyl (C=O) groups excluding carboxylic acids is 2. The van der Waals surface area contributed by atoms with Crippen LogP contribution in [0, 0.1) is 0 Å². The quantitative estimate of drug-likeness (QED) is 0.832. The van der Waals surface area contributed by atoms with E-state index in [1.165, 1.54) is 12.8 Å². The minimum Gasteiger partial charge on any atom is -0.339 e. The molecular formula is C14H18N2O2. The molecule has 0 unspecified atom stereocenters. The summed E-state index contributed by atoms with van der Waals surface area (Å²) in [6.07, 6.45) is 5.12. The monoisotopic (exact) mass is 246 g/mol. The molecule has 0 atom stereocenters. The Hall–Kier alpha value is -1.84. The average molecular weight is 246 g/mol. The summed E-state index contributed by atoms with van der Waals surface area (Å²) in [6, 6.07) is 7.14. The molecule has 0 aromatic heterocycles. The maximum Gasteiger partial charge on any atom is 0.255 e. The number of carbonyl (C=O) groups is 2. The van der Waals surface area contributed by atoms with E-state index in [0.717, 1.165) is 25.9 Å². The topological polar surface area (TPSA) is 49.4 Å². The van der Waals surface area contributed by atoms with E-state index in [0.29, 0.717) is 17.7 Å². The van der Waals surface area contributed by atoms with Gasteiger partial charge in [0, 0.05) is 13.1 Å². The van der Waals surface area contributed by atoms with Gasteiger partial charge in [0.05, 0.1) is 11.3 Å². The van der Waals surface area contributed by atoms with E-state index in [1.807, 2.05) is 17.0 Å². The smallest absolute Gasteiger partial charge is 0.255 e. The van der Waals surface area contributed by atoms with Crippen LogP contribution in [0.2, 0.25) is 0 Å². The first-order valence-electron chi connectivity index (χ1n) is 6.41. The first-order valence-corrected chi connectivity index (χ1v) is 6.41. The zero-order valence-corrected chi connectivity index (χ0v) is 10.4. The van der Waals surface area contributed by atoms with E-state index in [4.69, 9.17) is 0 Å². The number of para-hydroxylation sites is 1. The zero-order valence-electron chi connectivity index (χ0n) is 10.4. The molecule has 2 rings (SSSR count). The summed E-state index contributed by atoms with van der Waals surface area (Å²) in [5.74, 6) is 0.0156. The summed E-state index contributed by atoms with van der Waals surface area (Å²) in [5, 5.41) is 2.58. The normalized spacial score (nSPS) is 15.9. The molecule has 0 radical (unpaired) electrons. The molecule has 2 amide bonds. The van der Waals surface area contributed by atoms with Gasteiger partial charge in [-0.3, -0.25) is 9.59 Å². The second-order valence-corrected chi connectivity index (χ2v) is 4.51. The van der Waals surface area contributed by atoms with Crippen LogP contribution in [0.1, 0.15) is 36.0 Å². The standard InChI is InChI=1S/C14H18N2O2/c17-11-15-13-8-4-3-7-12(13)14(18)16-9-5-1-2-6-10-16/h3-4,7-8,11H,1-2,5-6,9-10H2,(H,15,17). The molecule has 1 N–H and O–H groups in total. The van der Waals surface area contributed by atoms with Gasteiger partial charge in [0.2, 0.25) is 6.41 Å². The van der Waals surface area contributed by atoms with Crippen molar-refractivity contribution in [1.82, 2.24) is 4.90 Å². The van der Waals surface area contributed by atoms with Crippen LogP contribution in [-0.2, 0) is 4.79 Å². The highest BCUT2D eigenvalue weighted by Gasteiger charge is 2.19. The van der Waals surface area contributed by atoms with E-state index in [1.54, 1.807) is 12.1 Å². The summed E-state index contributed by atoms with van der Waals surface area (Å²) < 4.78 is 0. The second kappa shape index (κ2) is 6.19. The third-order valence-corrected chi connectivity index (χ3v) is 3.27. The Kier molecular flexibility index (Phi) is 4.34. The van der Waals surface area contributed by atoms with E-state index in [-0.39, 0.29) is 5.91 Å². The molecule has 18 heavy (non-hydrogen) atoms. The Bertz CT molecular complexity index is 424. The minimum absolute atomic E-state index is 0.0156. The predicted molar refractivity (Wildman–Crippen MR) is 70.5 cm³/mol. The molecule has 1 heterocycles. The Morgan fingerprint density at radius 3 is 2.44 bits per heavy atom. The van der Waals surface area contributed by atoms with Crippen LogP contribution in [0.5, 0.6) is 0 Å². The van der Waals surface area contributed by atoms with Crippen molar-refractivity contribution in [2.75, 3.05) is 18.4 Å². The molecule has 1 saturated heterocycles. The predicted octanol–water partition coefficient (Wildman–Crippen LogP) is 2.27. The van der Waals surface area contributed by atoms with Gasteiger partial charge >= 0.3 is 0 Å². The lowest BCUT2D eigenvalue weighted by Gasteiger charge is -2.21. The van der Waals surface area contributed by atoms with Crippen LogP contribution >= 0.6 is 0 Å². The van der Waals surface area contributed by atoms with E-state index < -0.39 is 0 Å². The Morgan fingerprint density at radius 1 is 1.11 bits per heavy atom. The Balaban J connectivity index is 2.18. The van der Waals surface area contributed by atoms with Crippen LogP contribution in [0.15, 0.2) is 24.3 Å². The van der Waals surface area contributed by atoms with Gasteiger partial charge in [-0.05, 0) is 25.0 Å². The molecule has 96 valence electrons. The van der Waals surface area contributed by atoms with Gasteiger partial charge in [-0.15, -0.1) is 0 Å². The van der Waals surface area contributed by atoms with Crippen LogP contribution < -0.4 is 5.32 Å². The van der Waals surface area contributed by atoms with Gasteiger partial charge in [-0.1, -0.05) is 25.0 Å². The first kappa shape index (κ1) is 12.6. The van der Waals surface area contributed by atoms with Gasteiger partial charge < -0.3 is 10.2 Å². The number of nitrogens with one attached hydrogen (secondary N) is 1. The van der Waals surface area contributed by atoms with Gasteiger partial charge in [-0.2, -0.15) is 0 Å². The lowest BCUT2D eigenvalue weighted by Crippen LogP contribution is -2.32. The average Bonchev–Trinajstić information content (AvgIpc) is 2.68. The molecule has 1 aliphatic heterocycles. The van der Waals surface area contributed by atoms with Crippen molar-refractivity contribution in [2.45, 2.75) is 25.7 Å². The number of nitrogens with zero attached hydrogens (tertiary/aromatic N) is 1. The van der Waals surface area contributed by atoms with Crippen LogP contribution in [0.3, 0.4) is 0 Å².